The number of anilines is 9. The highest BCUT2D eigenvalue weighted by molar-refractivity contribution is 6.00. The van der Waals surface area contributed by atoms with E-state index in [1.165, 1.54) is 32.7 Å². The van der Waals surface area contributed by atoms with Crippen LogP contribution >= 0.6 is 0 Å². The number of hydrogen-bond donors (Lipinski definition) is 0. The molecule has 0 aliphatic carbocycles. The fourth-order valence-electron chi connectivity index (χ4n) is 7.57. The molecule has 3 nitrogen and oxygen atoms in total. The van der Waals surface area contributed by atoms with Gasteiger partial charge in [0.2, 0.25) is 0 Å². The molecule has 55 heavy (non-hydrogen) atoms. The summed E-state index contributed by atoms with van der Waals surface area (Å²) in [6.45, 7) is 4.27. The highest BCUT2D eigenvalue weighted by Crippen LogP contribution is 2.43. The van der Waals surface area contributed by atoms with Gasteiger partial charge in [-0.05, 0) is 122 Å². The predicted molar refractivity (Wildman–Crippen MR) is 235 cm³/mol. The lowest BCUT2D eigenvalue weighted by atomic mass is 10.1. The zero-order valence-electron chi connectivity index (χ0n) is 31.0. The van der Waals surface area contributed by atoms with Crippen LogP contribution in [0, 0.1) is 13.8 Å². The molecule has 0 aliphatic rings. The SMILES string of the molecule is Cc1ccc(N(c2ccc(N(c3ccccc3)c3ccc(N(c4ccc(C)cc4)c4cccc5ccccc45)cc3)cc2)c2cccc3ccccc23)cc1. The molecule has 264 valence electrons. The minimum absolute atomic E-state index is 1.08. The first-order valence-electron chi connectivity index (χ1n) is 18.9. The van der Waals surface area contributed by atoms with E-state index < -0.39 is 0 Å². The number of aryl methyl sites for hydroxylation is 2. The molecule has 0 aromatic heterocycles. The van der Waals surface area contributed by atoms with Crippen LogP contribution in [0.3, 0.4) is 0 Å². The lowest BCUT2D eigenvalue weighted by Crippen LogP contribution is -2.13. The predicted octanol–water partition coefficient (Wildman–Crippen LogP) is 15.0. The minimum Gasteiger partial charge on any atom is -0.311 e. The van der Waals surface area contributed by atoms with Gasteiger partial charge in [0.15, 0.2) is 0 Å². The van der Waals surface area contributed by atoms with Crippen LogP contribution in [-0.4, -0.2) is 0 Å². The van der Waals surface area contributed by atoms with E-state index >= 15 is 0 Å². The summed E-state index contributed by atoms with van der Waals surface area (Å²) in [6, 6.07) is 76.4. The quantitative estimate of drug-likeness (QED) is 0.148. The van der Waals surface area contributed by atoms with Gasteiger partial charge in [0.1, 0.15) is 0 Å². The van der Waals surface area contributed by atoms with Gasteiger partial charge in [0.05, 0.1) is 11.4 Å². The summed E-state index contributed by atoms with van der Waals surface area (Å²) < 4.78 is 0. The minimum atomic E-state index is 1.08. The lowest BCUT2D eigenvalue weighted by molar-refractivity contribution is 1.25. The van der Waals surface area contributed by atoms with E-state index in [9.17, 15) is 0 Å². The zero-order chi connectivity index (χ0) is 37.1. The molecule has 0 amide bonds. The maximum absolute atomic E-state index is 2.36. The van der Waals surface area contributed by atoms with Crippen LogP contribution in [-0.2, 0) is 0 Å². The molecule has 0 aliphatic heterocycles. The monoisotopic (exact) mass is 707 g/mol. The standard InChI is InChI=1S/C52H41N3/c1-38-22-26-45(27-23-38)54(51-20-10-14-40-12-6-8-18-49(40)51)47-34-30-43(31-35-47)53(42-16-4-3-5-17-42)44-32-36-48(37-33-44)55(46-28-24-39(2)25-29-46)52-21-11-15-41-13-7-9-19-50(41)52/h3-37H,1-2H3. The highest BCUT2D eigenvalue weighted by Gasteiger charge is 2.19. The van der Waals surface area contributed by atoms with Crippen molar-refractivity contribution < 1.29 is 0 Å². The van der Waals surface area contributed by atoms with Crippen LogP contribution in [0.2, 0.25) is 0 Å². The molecule has 0 bridgehead atoms. The van der Waals surface area contributed by atoms with E-state index in [0.29, 0.717) is 0 Å². The molecule has 0 radical (unpaired) electrons. The van der Waals surface area contributed by atoms with Gasteiger partial charge in [0, 0.05) is 50.6 Å². The highest BCUT2D eigenvalue weighted by atomic mass is 15.2. The molecule has 0 N–H and O–H groups in total. The lowest BCUT2D eigenvalue weighted by Gasteiger charge is -2.30. The summed E-state index contributed by atoms with van der Waals surface area (Å²) in [4.78, 5) is 7.05. The fourth-order valence-corrected chi connectivity index (χ4v) is 7.57. The van der Waals surface area contributed by atoms with Crippen molar-refractivity contribution in [2.75, 3.05) is 14.7 Å². The van der Waals surface area contributed by atoms with E-state index in [-0.39, 0.29) is 0 Å². The third-order valence-electron chi connectivity index (χ3n) is 10.3. The maximum atomic E-state index is 2.36. The first kappa shape index (κ1) is 33.7. The Morgan fingerprint density at radius 1 is 0.236 bits per heavy atom. The topological polar surface area (TPSA) is 9.72 Å². The van der Waals surface area contributed by atoms with E-state index in [0.717, 1.165) is 51.2 Å². The third kappa shape index (κ3) is 6.69. The fraction of sp³-hybridized carbons (Fsp3) is 0.0385. The first-order valence-corrected chi connectivity index (χ1v) is 18.9. The molecule has 3 heteroatoms. The Morgan fingerprint density at radius 3 is 0.927 bits per heavy atom. The van der Waals surface area contributed by atoms with Crippen LogP contribution in [0.1, 0.15) is 11.1 Å². The second-order valence-corrected chi connectivity index (χ2v) is 14.0. The van der Waals surface area contributed by atoms with Crippen LogP contribution in [0.5, 0.6) is 0 Å². The van der Waals surface area contributed by atoms with Crippen LogP contribution in [0.15, 0.2) is 212 Å². The van der Waals surface area contributed by atoms with Crippen molar-refractivity contribution in [3.63, 3.8) is 0 Å². The Bertz CT molecular complexity index is 2520. The second kappa shape index (κ2) is 14.7. The Kier molecular flexibility index (Phi) is 9.03. The van der Waals surface area contributed by atoms with E-state index in [2.05, 4.69) is 241 Å². The molecule has 0 saturated heterocycles. The summed E-state index contributed by atoms with van der Waals surface area (Å²) in [5.41, 5.74) is 12.4. The summed E-state index contributed by atoms with van der Waals surface area (Å²) in [5, 5.41) is 4.86. The van der Waals surface area contributed by atoms with E-state index in [1.54, 1.807) is 0 Å². The molecule has 0 atom stereocenters. The van der Waals surface area contributed by atoms with Gasteiger partial charge in [-0.15, -0.1) is 0 Å². The average Bonchev–Trinajstić information content (AvgIpc) is 3.24. The number of hydrogen-bond acceptors (Lipinski definition) is 3. The maximum Gasteiger partial charge on any atom is 0.0540 e. The smallest absolute Gasteiger partial charge is 0.0540 e. The van der Waals surface area contributed by atoms with Crippen molar-refractivity contribution in [1.29, 1.82) is 0 Å². The van der Waals surface area contributed by atoms with E-state index in [1.807, 2.05) is 0 Å². The first-order chi connectivity index (χ1) is 27.1. The van der Waals surface area contributed by atoms with Crippen molar-refractivity contribution >= 4 is 72.7 Å². The third-order valence-corrected chi connectivity index (χ3v) is 10.3. The van der Waals surface area contributed by atoms with E-state index in [4.69, 9.17) is 0 Å². The summed E-state index contributed by atoms with van der Waals surface area (Å²) >= 11 is 0. The van der Waals surface area contributed by atoms with Crippen molar-refractivity contribution in [3.8, 4) is 0 Å². The van der Waals surface area contributed by atoms with Crippen molar-refractivity contribution in [2.45, 2.75) is 13.8 Å². The summed E-state index contributed by atoms with van der Waals surface area (Å²) in [6.07, 6.45) is 0. The van der Waals surface area contributed by atoms with Crippen molar-refractivity contribution in [2.24, 2.45) is 0 Å². The number of fused-ring (bicyclic) bond motifs is 2. The van der Waals surface area contributed by atoms with Crippen molar-refractivity contribution in [1.82, 2.24) is 0 Å². The van der Waals surface area contributed by atoms with Crippen molar-refractivity contribution in [3.05, 3.63) is 223 Å². The average molecular weight is 708 g/mol. The van der Waals surface area contributed by atoms with Gasteiger partial charge < -0.3 is 14.7 Å². The Morgan fingerprint density at radius 2 is 0.527 bits per heavy atom. The molecule has 0 unspecified atom stereocenters. The number of rotatable bonds is 9. The Balaban J connectivity index is 1.12. The number of nitrogens with zero attached hydrogens (tertiary/aromatic N) is 3. The summed E-state index contributed by atoms with van der Waals surface area (Å²) in [5.74, 6) is 0. The van der Waals surface area contributed by atoms with Gasteiger partial charge >= 0.3 is 0 Å². The molecule has 9 rings (SSSR count). The largest absolute Gasteiger partial charge is 0.311 e. The molecule has 0 heterocycles. The van der Waals surface area contributed by atoms with Gasteiger partial charge in [0.25, 0.3) is 0 Å². The van der Waals surface area contributed by atoms with Gasteiger partial charge in [-0.3, -0.25) is 0 Å². The zero-order valence-corrected chi connectivity index (χ0v) is 31.0. The molecule has 0 saturated carbocycles. The number of benzene rings is 9. The summed E-state index contributed by atoms with van der Waals surface area (Å²) in [7, 11) is 0. The van der Waals surface area contributed by atoms with Gasteiger partial charge in [-0.25, -0.2) is 0 Å². The van der Waals surface area contributed by atoms with Gasteiger partial charge in [-0.2, -0.15) is 0 Å². The van der Waals surface area contributed by atoms with Crippen LogP contribution < -0.4 is 14.7 Å². The normalized spacial score (nSPS) is 11.1. The molecule has 9 aromatic rings. The Hall–Kier alpha value is -7.10. The second-order valence-electron chi connectivity index (χ2n) is 14.0. The van der Waals surface area contributed by atoms with Crippen LogP contribution in [0.25, 0.3) is 21.5 Å². The molecule has 0 spiro atoms. The van der Waals surface area contributed by atoms with Crippen LogP contribution in [0.4, 0.5) is 51.2 Å². The molecule has 9 aromatic carbocycles. The number of para-hydroxylation sites is 1. The Labute approximate surface area is 323 Å². The molecular formula is C52H41N3. The molecule has 0 fully saturated rings. The molecular weight excluding hydrogens is 667 g/mol. The van der Waals surface area contributed by atoms with Gasteiger partial charge in [-0.1, -0.05) is 126 Å².